The summed E-state index contributed by atoms with van der Waals surface area (Å²) in [6, 6.07) is 3.94. The minimum atomic E-state index is -1.33. The van der Waals surface area contributed by atoms with Crippen molar-refractivity contribution in [3.05, 3.63) is 45.2 Å². The number of halogens is 3. The number of aromatic nitrogens is 2. The second-order valence-electron chi connectivity index (χ2n) is 9.83. The van der Waals surface area contributed by atoms with Gasteiger partial charge in [0.15, 0.2) is 11.4 Å². The van der Waals surface area contributed by atoms with Crippen molar-refractivity contribution in [3.63, 3.8) is 0 Å². The summed E-state index contributed by atoms with van der Waals surface area (Å²) in [7, 11) is -1.24. The van der Waals surface area contributed by atoms with E-state index in [4.69, 9.17) is 21.1 Å². The molecule has 34 heavy (non-hydrogen) atoms. The molecule has 1 N–H and O–H groups in total. The summed E-state index contributed by atoms with van der Waals surface area (Å²) >= 11 is 9.38. The van der Waals surface area contributed by atoms with Crippen molar-refractivity contribution in [2.24, 2.45) is 0 Å². The molecule has 1 atom stereocenters. The van der Waals surface area contributed by atoms with E-state index in [1.165, 1.54) is 6.07 Å². The number of carbonyl (C=O) groups excluding carboxylic acids is 2. The molecule has 0 bridgehead atoms. The van der Waals surface area contributed by atoms with Crippen LogP contribution >= 0.6 is 27.5 Å². The molecule has 0 unspecified atom stereocenters. The Balaban J connectivity index is 1.57. The molecule has 2 aliphatic heterocycles. The normalized spacial score (nSPS) is 20.2. The van der Waals surface area contributed by atoms with E-state index in [0.717, 1.165) is 6.04 Å². The van der Waals surface area contributed by atoms with Gasteiger partial charge in [-0.1, -0.05) is 31.2 Å². The standard InChI is InChI=1S/C22H27BrClFN4O4Si/c1-34(2,3)10-9-32-13-29-11-16(23)27-19(29)20(30)28-8-4-7-22(12-28)17-15(26-21(31)33-22)6-5-14(24)18(17)25/h5-6,11H,4,7-10,12-13H2,1-3H3,(H,26,31)/t22-/m0/s1. The lowest BCUT2D eigenvalue weighted by atomic mass is 9.83. The Hall–Kier alpha value is -1.95. The van der Waals surface area contributed by atoms with Gasteiger partial charge in [-0.05, 0) is 46.9 Å². The summed E-state index contributed by atoms with van der Waals surface area (Å²) in [5.74, 6) is -0.811. The smallest absolute Gasteiger partial charge is 0.412 e. The number of fused-ring (bicyclic) bond motifs is 2. The van der Waals surface area contributed by atoms with Crippen LogP contribution in [-0.2, 0) is 21.8 Å². The zero-order valence-corrected chi connectivity index (χ0v) is 22.6. The van der Waals surface area contributed by atoms with E-state index in [1.807, 2.05) is 0 Å². The number of amides is 2. The molecule has 1 aromatic carbocycles. The number of hydrogen-bond donors (Lipinski definition) is 1. The number of piperidine rings is 1. The molecular weight excluding hydrogens is 547 g/mol. The number of imidazole rings is 1. The summed E-state index contributed by atoms with van der Waals surface area (Å²) < 4.78 is 28.7. The van der Waals surface area contributed by atoms with Gasteiger partial charge < -0.3 is 18.9 Å². The number of hydrogen-bond acceptors (Lipinski definition) is 5. The average molecular weight is 574 g/mol. The predicted octanol–water partition coefficient (Wildman–Crippen LogP) is 5.44. The van der Waals surface area contributed by atoms with Crippen molar-refractivity contribution >= 4 is 53.3 Å². The van der Waals surface area contributed by atoms with Crippen LogP contribution < -0.4 is 5.32 Å². The van der Waals surface area contributed by atoms with Gasteiger partial charge >= 0.3 is 6.09 Å². The topological polar surface area (TPSA) is 85.7 Å². The van der Waals surface area contributed by atoms with Crippen molar-refractivity contribution in [1.82, 2.24) is 14.5 Å². The van der Waals surface area contributed by atoms with Crippen molar-refractivity contribution in [2.45, 2.75) is 50.9 Å². The van der Waals surface area contributed by atoms with Crippen LogP contribution in [0.2, 0.25) is 30.7 Å². The van der Waals surface area contributed by atoms with Gasteiger partial charge in [-0.3, -0.25) is 10.1 Å². The number of ether oxygens (including phenoxy) is 2. The van der Waals surface area contributed by atoms with E-state index in [-0.39, 0.29) is 35.6 Å². The molecule has 1 spiro atoms. The molecule has 1 saturated heterocycles. The Morgan fingerprint density at radius 2 is 2.18 bits per heavy atom. The third kappa shape index (κ3) is 5.17. The quantitative estimate of drug-likeness (QED) is 0.367. The Labute approximate surface area is 211 Å². The molecule has 1 fully saturated rings. The average Bonchev–Trinajstić information content (AvgIpc) is 3.12. The Morgan fingerprint density at radius 3 is 2.91 bits per heavy atom. The minimum absolute atomic E-state index is 0.00945. The summed E-state index contributed by atoms with van der Waals surface area (Å²) in [6.45, 7) is 8.02. The van der Waals surface area contributed by atoms with Crippen LogP contribution in [0, 0.1) is 5.82 Å². The van der Waals surface area contributed by atoms with Crippen LogP contribution in [0.1, 0.15) is 29.0 Å². The molecule has 12 heteroatoms. The third-order valence-corrected chi connectivity index (χ3v) is 8.36. The van der Waals surface area contributed by atoms with E-state index in [1.54, 1.807) is 21.7 Å². The Kier molecular flexibility index (Phi) is 7.10. The molecule has 2 amide bonds. The molecule has 1 aromatic heterocycles. The zero-order valence-electron chi connectivity index (χ0n) is 19.3. The fourth-order valence-electron chi connectivity index (χ4n) is 4.28. The first-order chi connectivity index (χ1) is 16.0. The number of anilines is 1. The lowest BCUT2D eigenvalue weighted by Crippen LogP contribution is -2.53. The first-order valence-electron chi connectivity index (χ1n) is 11.1. The highest BCUT2D eigenvalue weighted by atomic mass is 79.9. The highest BCUT2D eigenvalue weighted by Gasteiger charge is 2.49. The monoisotopic (exact) mass is 572 g/mol. The van der Waals surface area contributed by atoms with Gasteiger partial charge in [-0.15, -0.1) is 0 Å². The fourth-order valence-corrected chi connectivity index (χ4v) is 5.61. The largest absolute Gasteiger partial charge is 0.436 e. The van der Waals surface area contributed by atoms with Gasteiger partial charge in [0.25, 0.3) is 5.91 Å². The first-order valence-corrected chi connectivity index (χ1v) is 16.0. The second kappa shape index (κ2) is 9.60. The summed E-state index contributed by atoms with van der Waals surface area (Å²) in [4.78, 5) is 31.7. The molecule has 4 rings (SSSR count). The molecule has 2 aliphatic rings. The predicted molar refractivity (Wildman–Crippen MR) is 132 cm³/mol. The van der Waals surface area contributed by atoms with Crippen LogP contribution in [0.25, 0.3) is 0 Å². The summed E-state index contributed by atoms with van der Waals surface area (Å²) in [5, 5.41) is 2.45. The SMILES string of the molecule is C[Si](C)(C)CCOCn1cc(Br)nc1C(=O)N1CCC[C@@]2(C1)OC(=O)Nc1ccc(Cl)c(F)c12. The maximum absolute atomic E-state index is 15.1. The van der Waals surface area contributed by atoms with Crippen LogP contribution in [0.4, 0.5) is 14.9 Å². The highest BCUT2D eigenvalue weighted by molar-refractivity contribution is 9.10. The van der Waals surface area contributed by atoms with Crippen LogP contribution in [0.15, 0.2) is 22.9 Å². The number of benzene rings is 1. The number of nitrogens with zero attached hydrogens (tertiary/aromatic N) is 3. The minimum Gasteiger partial charge on any atom is -0.436 e. The van der Waals surface area contributed by atoms with Gasteiger partial charge in [0.05, 0.1) is 22.8 Å². The summed E-state index contributed by atoms with van der Waals surface area (Å²) in [5.41, 5.74) is -0.868. The van der Waals surface area contributed by atoms with E-state index < -0.39 is 25.6 Å². The lowest BCUT2D eigenvalue weighted by Gasteiger charge is -2.45. The van der Waals surface area contributed by atoms with Gasteiger partial charge in [-0.2, -0.15) is 0 Å². The second-order valence-corrected chi connectivity index (χ2v) is 16.7. The van der Waals surface area contributed by atoms with Crippen molar-refractivity contribution < 1.29 is 23.5 Å². The van der Waals surface area contributed by atoms with Crippen molar-refractivity contribution in [1.29, 1.82) is 0 Å². The first kappa shape index (κ1) is 25.1. The molecule has 0 saturated carbocycles. The van der Waals surface area contributed by atoms with E-state index >= 15 is 4.39 Å². The Bertz CT molecular complexity index is 1130. The van der Waals surface area contributed by atoms with Crippen LogP contribution in [-0.4, -0.2) is 54.2 Å². The van der Waals surface area contributed by atoms with Gasteiger partial charge in [-0.25, -0.2) is 14.2 Å². The lowest BCUT2D eigenvalue weighted by molar-refractivity contribution is -0.0423. The highest BCUT2D eigenvalue weighted by Crippen LogP contribution is 2.45. The number of rotatable bonds is 6. The van der Waals surface area contributed by atoms with Crippen molar-refractivity contribution in [3.8, 4) is 0 Å². The molecule has 8 nitrogen and oxygen atoms in total. The maximum Gasteiger partial charge on any atom is 0.412 e. The third-order valence-electron chi connectivity index (χ3n) is 5.98. The van der Waals surface area contributed by atoms with Gasteiger partial charge in [0, 0.05) is 27.4 Å². The molecular formula is C22H27BrClFN4O4Si. The molecule has 184 valence electrons. The summed E-state index contributed by atoms with van der Waals surface area (Å²) in [6.07, 6.45) is 1.88. The Morgan fingerprint density at radius 1 is 1.41 bits per heavy atom. The molecule has 0 aliphatic carbocycles. The zero-order chi connectivity index (χ0) is 24.7. The number of carbonyl (C=O) groups is 2. The molecule has 3 heterocycles. The molecule has 2 aromatic rings. The maximum atomic E-state index is 15.1. The fraction of sp³-hybridized carbons (Fsp3) is 0.500. The van der Waals surface area contributed by atoms with Crippen LogP contribution in [0.5, 0.6) is 0 Å². The molecule has 0 radical (unpaired) electrons. The van der Waals surface area contributed by atoms with E-state index in [2.05, 4.69) is 45.9 Å². The van der Waals surface area contributed by atoms with Crippen molar-refractivity contribution in [2.75, 3.05) is 25.0 Å². The number of nitrogens with one attached hydrogen (secondary N) is 1. The van der Waals surface area contributed by atoms with Crippen LogP contribution in [0.3, 0.4) is 0 Å². The van der Waals surface area contributed by atoms with E-state index in [0.29, 0.717) is 36.3 Å². The van der Waals surface area contributed by atoms with Gasteiger partial charge in [0.1, 0.15) is 11.3 Å². The number of likely N-dealkylation sites (tertiary alicyclic amines) is 1. The van der Waals surface area contributed by atoms with E-state index in [9.17, 15) is 9.59 Å². The van der Waals surface area contributed by atoms with Gasteiger partial charge in [0.2, 0.25) is 5.82 Å².